The molecule has 53 heavy (non-hydrogen) atoms. The summed E-state index contributed by atoms with van der Waals surface area (Å²) in [5.41, 5.74) is 1.97. The highest BCUT2D eigenvalue weighted by Crippen LogP contribution is 2.29. The quantitative estimate of drug-likeness (QED) is 0.151. The Bertz CT molecular complexity index is 1520. The maximum Gasteiger partial charge on any atom is 0.243 e. The van der Waals surface area contributed by atoms with Gasteiger partial charge in [-0.2, -0.15) is 0 Å². The highest BCUT2D eigenvalue weighted by molar-refractivity contribution is 5.98. The first-order chi connectivity index (χ1) is 25.2. The number of aryl methyl sites for hydroxylation is 2. The number of ketones is 1. The molecular weight excluding hydrogens is 674 g/mol. The lowest BCUT2D eigenvalue weighted by Gasteiger charge is -2.29. The van der Waals surface area contributed by atoms with E-state index in [4.69, 9.17) is 9.47 Å². The van der Waals surface area contributed by atoms with Crippen LogP contribution in [-0.4, -0.2) is 104 Å². The Hall–Kier alpha value is -4.13. The molecule has 12 nitrogen and oxygen atoms in total. The number of benzene rings is 2. The zero-order chi connectivity index (χ0) is 38.5. The van der Waals surface area contributed by atoms with Crippen LogP contribution in [0.25, 0.3) is 0 Å². The molecule has 0 bridgehead atoms. The van der Waals surface area contributed by atoms with Crippen molar-refractivity contribution in [3.05, 3.63) is 71.3 Å². The van der Waals surface area contributed by atoms with Gasteiger partial charge in [0.2, 0.25) is 23.6 Å². The van der Waals surface area contributed by atoms with Crippen LogP contribution in [-0.2, 0) is 46.3 Å². The summed E-state index contributed by atoms with van der Waals surface area (Å²) in [4.78, 5) is 70.7. The van der Waals surface area contributed by atoms with E-state index in [1.165, 1.54) is 0 Å². The number of carbonyl (C=O) groups excluding carboxylic acids is 5. The molecule has 2 aliphatic rings. The van der Waals surface area contributed by atoms with E-state index < -0.39 is 47.5 Å². The van der Waals surface area contributed by atoms with Crippen molar-refractivity contribution < 1.29 is 33.4 Å². The topological polar surface area (TPSA) is 158 Å². The number of epoxide rings is 1. The summed E-state index contributed by atoms with van der Waals surface area (Å²) >= 11 is 0. The van der Waals surface area contributed by atoms with Gasteiger partial charge in [0, 0.05) is 19.5 Å². The van der Waals surface area contributed by atoms with E-state index in [0.717, 1.165) is 16.7 Å². The van der Waals surface area contributed by atoms with Gasteiger partial charge < -0.3 is 30.7 Å². The minimum atomic E-state index is -1.03. The molecule has 5 atom stereocenters. The first kappa shape index (κ1) is 41.6. The molecule has 2 aromatic carbocycles. The third-order valence-corrected chi connectivity index (χ3v) is 9.66. The van der Waals surface area contributed by atoms with Crippen LogP contribution >= 0.6 is 0 Å². The molecule has 0 unspecified atom stereocenters. The lowest BCUT2D eigenvalue weighted by atomic mass is 9.93. The zero-order valence-electron chi connectivity index (χ0n) is 32.2. The molecule has 12 heteroatoms. The van der Waals surface area contributed by atoms with Gasteiger partial charge >= 0.3 is 0 Å². The Morgan fingerprint density at radius 2 is 1.26 bits per heavy atom. The number of nitrogens with zero attached hydrogens (tertiary/aromatic N) is 1. The van der Waals surface area contributed by atoms with Crippen molar-refractivity contribution in [3.63, 3.8) is 0 Å². The van der Waals surface area contributed by atoms with Crippen molar-refractivity contribution in [2.24, 2.45) is 11.8 Å². The van der Waals surface area contributed by atoms with Crippen molar-refractivity contribution in [2.75, 3.05) is 39.5 Å². The first-order valence-electron chi connectivity index (χ1n) is 19.0. The van der Waals surface area contributed by atoms with Crippen molar-refractivity contribution in [3.8, 4) is 0 Å². The molecular formula is C41H59N5O7. The number of Topliss-reactive ketones (excluding diaryl/α,β-unsaturated/α-hetero) is 1. The van der Waals surface area contributed by atoms with Crippen LogP contribution in [0.4, 0.5) is 0 Å². The summed E-state index contributed by atoms with van der Waals surface area (Å²) in [6.07, 6.45) is 1.76. The second kappa shape index (κ2) is 19.8. The number of ether oxygens (including phenoxy) is 2. The second-order valence-corrected chi connectivity index (χ2v) is 15.5. The summed E-state index contributed by atoms with van der Waals surface area (Å²) in [5, 5.41) is 11.7. The highest BCUT2D eigenvalue weighted by atomic mass is 16.6. The smallest absolute Gasteiger partial charge is 0.243 e. The standard InChI is InChI=1S/C41H59N5O7/c1-27(2)22-33(37(48)41(6)26-53-41)43-40(51)35(24-31-14-12-29(5)13-15-31)45-39(50)34(23-28(3)4)44-38(49)32(17-16-30-10-8-7-9-11-30)42-36(47)25-46-18-20-52-21-19-46/h7-15,27-28,32-35H,16-26H2,1-6H3,(H,42,47)(H,43,51)(H,44,49)(H,45,50)/t32-,33-,34-,35-,41+/m0/s1. The fraction of sp³-hybridized carbons (Fsp3) is 0.585. The summed E-state index contributed by atoms with van der Waals surface area (Å²) < 4.78 is 10.8. The molecule has 4 rings (SSSR count). The van der Waals surface area contributed by atoms with Crippen LogP contribution in [0.15, 0.2) is 54.6 Å². The molecule has 0 aromatic heterocycles. The number of hydrogen-bond acceptors (Lipinski definition) is 8. The zero-order valence-corrected chi connectivity index (χ0v) is 32.2. The molecule has 0 spiro atoms. The van der Waals surface area contributed by atoms with Crippen molar-refractivity contribution in [1.82, 2.24) is 26.2 Å². The van der Waals surface area contributed by atoms with Crippen molar-refractivity contribution >= 4 is 29.4 Å². The molecule has 2 aliphatic heterocycles. The van der Waals surface area contributed by atoms with E-state index in [1.54, 1.807) is 6.92 Å². The summed E-state index contributed by atoms with van der Waals surface area (Å²) in [7, 11) is 0. The predicted molar refractivity (Wildman–Crippen MR) is 203 cm³/mol. The van der Waals surface area contributed by atoms with E-state index in [2.05, 4.69) is 21.3 Å². The van der Waals surface area contributed by atoms with Gasteiger partial charge in [-0.15, -0.1) is 0 Å². The minimum absolute atomic E-state index is 0.0152. The second-order valence-electron chi connectivity index (χ2n) is 15.5. The molecule has 2 fully saturated rings. The van der Waals surface area contributed by atoms with E-state index in [0.29, 0.717) is 58.6 Å². The number of hydrogen-bond donors (Lipinski definition) is 4. The summed E-state index contributed by atoms with van der Waals surface area (Å²) in [6.45, 7) is 14.3. The molecule has 2 saturated heterocycles. The molecule has 290 valence electrons. The predicted octanol–water partition coefficient (Wildman–Crippen LogP) is 2.89. The Morgan fingerprint density at radius 3 is 1.87 bits per heavy atom. The van der Waals surface area contributed by atoms with Crippen LogP contribution in [0.2, 0.25) is 0 Å². The molecule has 2 aromatic rings. The highest BCUT2D eigenvalue weighted by Gasteiger charge is 2.50. The molecule has 4 amide bonds. The molecule has 0 aliphatic carbocycles. The third-order valence-electron chi connectivity index (χ3n) is 9.66. The summed E-state index contributed by atoms with van der Waals surface area (Å²) in [5.74, 6) is -1.83. The van der Waals surface area contributed by atoms with Gasteiger partial charge in [-0.25, -0.2) is 0 Å². The molecule has 2 heterocycles. The van der Waals surface area contributed by atoms with Gasteiger partial charge in [-0.1, -0.05) is 87.9 Å². The van der Waals surface area contributed by atoms with Gasteiger partial charge in [0.25, 0.3) is 0 Å². The lowest BCUT2D eigenvalue weighted by Crippen LogP contribution is -2.59. The van der Waals surface area contributed by atoms with Gasteiger partial charge in [0.1, 0.15) is 23.7 Å². The molecule has 0 radical (unpaired) electrons. The molecule has 4 N–H and O–H groups in total. The van der Waals surface area contributed by atoms with Gasteiger partial charge in [-0.3, -0.25) is 28.9 Å². The Labute approximate surface area is 314 Å². The number of amides is 4. The number of morpholine rings is 1. The minimum Gasteiger partial charge on any atom is -0.379 e. The maximum absolute atomic E-state index is 14.1. The van der Waals surface area contributed by atoms with Crippen LogP contribution in [0.3, 0.4) is 0 Å². The van der Waals surface area contributed by atoms with Crippen LogP contribution in [0.1, 0.15) is 70.6 Å². The lowest BCUT2D eigenvalue weighted by molar-refractivity contribution is -0.135. The first-order valence-corrected chi connectivity index (χ1v) is 19.0. The van der Waals surface area contributed by atoms with Crippen LogP contribution in [0.5, 0.6) is 0 Å². The van der Waals surface area contributed by atoms with Crippen LogP contribution in [0, 0.1) is 18.8 Å². The van der Waals surface area contributed by atoms with Crippen molar-refractivity contribution in [1.29, 1.82) is 0 Å². The van der Waals surface area contributed by atoms with Gasteiger partial charge in [0.15, 0.2) is 5.78 Å². The number of carbonyl (C=O) groups is 5. The molecule has 0 saturated carbocycles. The fourth-order valence-electron chi connectivity index (χ4n) is 6.44. The van der Waals surface area contributed by atoms with Gasteiger partial charge in [0.05, 0.1) is 32.4 Å². The maximum atomic E-state index is 14.1. The van der Waals surface area contributed by atoms with E-state index in [9.17, 15) is 24.0 Å². The SMILES string of the molecule is Cc1ccc(C[C@H](NC(=O)[C@H](CC(C)C)NC(=O)[C@H](CCc2ccccc2)NC(=O)CN2CCOCC2)C(=O)N[C@@H](CC(C)C)C(=O)[C@@]2(C)CO2)cc1. The third kappa shape index (κ3) is 13.7. The Balaban J connectivity index is 1.52. The fourth-order valence-corrected chi connectivity index (χ4v) is 6.44. The van der Waals surface area contributed by atoms with Gasteiger partial charge in [-0.05, 0) is 62.5 Å². The van der Waals surface area contributed by atoms with E-state index >= 15 is 0 Å². The van der Waals surface area contributed by atoms with Crippen molar-refractivity contribution in [2.45, 2.75) is 103 Å². The Morgan fingerprint density at radius 1 is 0.717 bits per heavy atom. The monoisotopic (exact) mass is 733 g/mol. The normalized spacial score (nSPS) is 19.5. The average molecular weight is 734 g/mol. The van der Waals surface area contributed by atoms with E-state index in [-0.39, 0.29) is 36.5 Å². The van der Waals surface area contributed by atoms with Crippen LogP contribution < -0.4 is 21.3 Å². The largest absolute Gasteiger partial charge is 0.379 e. The summed E-state index contributed by atoms with van der Waals surface area (Å²) in [6, 6.07) is 13.7. The Kier molecular flexibility index (Phi) is 15.6. The van der Waals surface area contributed by atoms with E-state index in [1.807, 2.05) is 94.1 Å². The number of rotatable bonds is 20. The number of nitrogens with one attached hydrogen (secondary N) is 4. The average Bonchev–Trinajstić information content (AvgIpc) is 3.88.